The number of aromatic nitrogens is 1. The SMILES string of the molecule is C=C(C)C(CCc1ccccn1)NCCC. The van der Waals surface area contributed by atoms with Crippen molar-refractivity contribution >= 4 is 0 Å². The highest BCUT2D eigenvalue weighted by Gasteiger charge is 2.08. The summed E-state index contributed by atoms with van der Waals surface area (Å²) in [6.07, 6.45) is 5.10. The summed E-state index contributed by atoms with van der Waals surface area (Å²) in [5.41, 5.74) is 2.37. The van der Waals surface area contributed by atoms with Gasteiger partial charge in [-0.15, -0.1) is 0 Å². The Morgan fingerprint density at radius 2 is 2.31 bits per heavy atom. The van der Waals surface area contributed by atoms with Crippen molar-refractivity contribution in [2.75, 3.05) is 6.54 Å². The first kappa shape index (κ1) is 12.9. The third kappa shape index (κ3) is 4.58. The van der Waals surface area contributed by atoms with Crippen molar-refractivity contribution in [2.24, 2.45) is 0 Å². The highest BCUT2D eigenvalue weighted by atomic mass is 14.9. The topological polar surface area (TPSA) is 24.9 Å². The van der Waals surface area contributed by atoms with Crippen LogP contribution >= 0.6 is 0 Å². The van der Waals surface area contributed by atoms with Crippen molar-refractivity contribution in [1.29, 1.82) is 0 Å². The molecule has 0 spiro atoms. The smallest absolute Gasteiger partial charge is 0.0404 e. The third-order valence-corrected chi connectivity index (χ3v) is 2.65. The monoisotopic (exact) mass is 218 g/mol. The van der Waals surface area contributed by atoms with E-state index >= 15 is 0 Å². The van der Waals surface area contributed by atoms with E-state index in [0.717, 1.165) is 31.5 Å². The first-order valence-corrected chi connectivity index (χ1v) is 6.02. The van der Waals surface area contributed by atoms with Gasteiger partial charge in [-0.3, -0.25) is 4.98 Å². The van der Waals surface area contributed by atoms with Crippen LogP contribution in [0.1, 0.15) is 32.4 Å². The molecule has 2 nitrogen and oxygen atoms in total. The number of rotatable bonds is 7. The molecule has 0 aliphatic carbocycles. The van der Waals surface area contributed by atoms with E-state index in [1.165, 1.54) is 5.57 Å². The molecular formula is C14H22N2. The van der Waals surface area contributed by atoms with Crippen molar-refractivity contribution in [3.05, 3.63) is 42.2 Å². The molecule has 0 aliphatic heterocycles. The zero-order valence-corrected chi connectivity index (χ0v) is 10.4. The molecule has 1 aromatic rings. The molecule has 0 amide bonds. The minimum atomic E-state index is 0.418. The second kappa shape index (κ2) is 7.18. The van der Waals surface area contributed by atoms with Crippen LogP contribution in [0.5, 0.6) is 0 Å². The van der Waals surface area contributed by atoms with Crippen LogP contribution in [0.25, 0.3) is 0 Å². The summed E-state index contributed by atoms with van der Waals surface area (Å²) in [6.45, 7) is 9.36. The molecule has 2 heteroatoms. The molecule has 0 aliphatic rings. The molecule has 0 fully saturated rings. The average molecular weight is 218 g/mol. The second-order valence-electron chi connectivity index (χ2n) is 4.21. The maximum Gasteiger partial charge on any atom is 0.0404 e. The molecule has 1 N–H and O–H groups in total. The standard InChI is InChI=1S/C14H22N2/c1-4-10-16-14(12(2)3)9-8-13-7-5-6-11-15-13/h5-7,11,14,16H,2,4,8-10H2,1,3H3. The predicted molar refractivity (Wildman–Crippen MR) is 69.5 cm³/mol. The highest BCUT2D eigenvalue weighted by molar-refractivity contribution is 5.07. The molecular weight excluding hydrogens is 196 g/mol. The van der Waals surface area contributed by atoms with Crippen LogP contribution in [0.15, 0.2) is 36.5 Å². The van der Waals surface area contributed by atoms with Gasteiger partial charge < -0.3 is 5.32 Å². The molecule has 1 atom stereocenters. The Morgan fingerprint density at radius 3 is 2.88 bits per heavy atom. The number of aryl methyl sites for hydroxylation is 1. The van der Waals surface area contributed by atoms with Gasteiger partial charge in [0.15, 0.2) is 0 Å². The molecule has 0 saturated carbocycles. The van der Waals surface area contributed by atoms with E-state index in [4.69, 9.17) is 0 Å². The van der Waals surface area contributed by atoms with E-state index < -0.39 is 0 Å². The van der Waals surface area contributed by atoms with Gasteiger partial charge in [0.05, 0.1) is 0 Å². The minimum Gasteiger partial charge on any atom is -0.310 e. The van der Waals surface area contributed by atoms with Gasteiger partial charge in [-0.05, 0) is 44.9 Å². The fourth-order valence-electron chi connectivity index (χ4n) is 1.68. The Hall–Kier alpha value is -1.15. The van der Waals surface area contributed by atoms with Gasteiger partial charge >= 0.3 is 0 Å². The summed E-state index contributed by atoms with van der Waals surface area (Å²) < 4.78 is 0. The summed E-state index contributed by atoms with van der Waals surface area (Å²) >= 11 is 0. The summed E-state index contributed by atoms with van der Waals surface area (Å²) in [5.74, 6) is 0. The Bertz CT molecular complexity index is 306. The molecule has 16 heavy (non-hydrogen) atoms. The number of pyridine rings is 1. The van der Waals surface area contributed by atoms with Gasteiger partial charge in [0.1, 0.15) is 0 Å². The van der Waals surface area contributed by atoms with Crippen LogP contribution in [0, 0.1) is 0 Å². The van der Waals surface area contributed by atoms with E-state index in [9.17, 15) is 0 Å². The summed E-state index contributed by atoms with van der Waals surface area (Å²) in [6, 6.07) is 6.49. The molecule has 88 valence electrons. The van der Waals surface area contributed by atoms with Gasteiger partial charge in [0.2, 0.25) is 0 Å². The molecule has 1 aromatic heterocycles. The zero-order valence-electron chi connectivity index (χ0n) is 10.4. The fraction of sp³-hybridized carbons (Fsp3) is 0.500. The number of nitrogens with zero attached hydrogens (tertiary/aromatic N) is 1. The van der Waals surface area contributed by atoms with Crippen LogP contribution in [-0.4, -0.2) is 17.6 Å². The zero-order chi connectivity index (χ0) is 11.8. The van der Waals surface area contributed by atoms with Crippen LogP contribution in [0.4, 0.5) is 0 Å². The van der Waals surface area contributed by atoms with Crippen LogP contribution in [-0.2, 0) is 6.42 Å². The van der Waals surface area contributed by atoms with Gasteiger partial charge in [-0.25, -0.2) is 0 Å². The largest absolute Gasteiger partial charge is 0.310 e. The lowest BCUT2D eigenvalue weighted by Crippen LogP contribution is -2.31. The molecule has 1 unspecified atom stereocenters. The maximum atomic E-state index is 4.33. The minimum absolute atomic E-state index is 0.418. The lowest BCUT2D eigenvalue weighted by atomic mass is 10.0. The van der Waals surface area contributed by atoms with Crippen molar-refractivity contribution < 1.29 is 0 Å². The lowest BCUT2D eigenvalue weighted by molar-refractivity contribution is 0.531. The van der Waals surface area contributed by atoms with Crippen molar-refractivity contribution in [3.8, 4) is 0 Å². The molecule has 1 rings (SSSR count). The fourth-order valence-corrected chi connectivity index (χ4v) is 1.68. The van der Waals surface area contributed by atoms with Crippen molar-refractivity contribution in [1.82, 2.24) is 10.3 Å². The Kier molecular flexibility index (Phi) is 5.79. The van der Waals surface area contributed by atoms with Crippen molar-refractivity contribution in [3.63, 3.8) is 0 Å². The van der Waals surface area contributed by atoms with Crippen LogP contribution in [0.2, 0.25) is 0 Å². The van der Waals surface area contributed by atoms with E-state index in [0.29, 0.717) is 6.04 Å². The highest BCUT2D eigenvalue weighted by Crippen LogP contribution is 2.08. The van der Waals surface area contributed by atoms with E-state index in [1.54, 1.807) is 0 Å². The van der Waals surface area contributed by atoms with Gasteiger partial charge in [-0.1, -0.05) is 25.1 Å². The molecule has 0 bridgehead atoms. The number of hydrogen-bond acceptors (Lipinski definition) is 2. The summed E-state index contributed by atoms with van der Waals surface area (Å²) in [7, 11) is 0. The average Bonchev–Trinajstić information content (AvgIpc) is 2.30. The third-order valence-electron chi connectivity index (χ3n) is 2.65. The summed E-state index contributed by atoms with van der Waals surface area (Å²) in [4.78, 5) is 4.33. The Labute approximate surface area is 98.8 Å². The molecule has 0 radical (unpaired) electrons. The molecule has 0 saturated heterocycles. The predicted octanol–water partition coefficient (Wildman–Crippen LogP) is 2.96. The lowest BCUT2D eigenvalue weighted by Gasteiger charge is -2.18. The molecule has 1 heterocycles. The quantitative estimate of drug-likeness (QED) is 0.712. The molecule has 0 aromatic carbocycles. The first-order valence-electron chi connectivity index (χ1n) is 6.02. The van der Waals surface area contributed by atoms with Crippen LogP contribution in [0.3, 0.4) is 0 Å². The van der Waals surface area contributed by atoms with Gasteiger partial charge in [0.25, 0.3) is 0 Å². The van der Waals surface area contributed by atoms with E-state index in [-0.39, 0.29) is 0 Å². The summed E-state index contributed by atoms with van der Waals surface area (Å²) in [5, 5.41) is 3.51. The van der Waals surface area contributed by atoms with Crippen molar-refractivity contribution in [2.45, 2.75) is 39.2 Å². The first-order chi connectivity index (χ1) is 7.74. The second-order valence-corrected chi connectivity index (χ2v) is 4.21. The number of hydrogen-bond donors (Lipinski definition) is 1. The van der Waals surface area contributed by atoms with E-state index in [2.05, 4.69) is 36.8 Å². The number of nitrogens with one attached hydrogen (secondary N) is 1. The van der Waals surface area contributed by atoms with Gasteiger partial charge in [-0.2, -0.15) is 0 Å². The van der Waals surface area contributed by atoms with Gasteiger partial charge in [0, 0.05) is 17.9 Å². The van der Waals surface area contributed by atoms with Crippen LogP contribution < -0.4 is 5.32 Å². The maximum absolute atomic E-state index is 4.33. The van der Waals surface area contributed by atoms with E-state index in [1.807, 2.05) is 18.3 Å². The Balaban J connectivity index is 2.41. The normalized spacial score (nSPS) is 12.4. The Morgan fingerprint density at radius 1 is 1.50 bits per heavy atom.